The van der Waals surface area contributed by atoms with Crippen molar-refractivity contribution in [1.82, 2.24) is 20.5 Å². The lowest BCUT2D eigenvalue weighted by atomic mass is 10.2. The summed E-state index contributed by atoms with van der Waals surface area (Å²) in [6.07, 6.45) is 2.99. The van der Waals surface area contributed by atoms with Gasteiger partial charge in [-0.2, -0.15) is 0 Å². The zero-order valence-electron chi connectivity index (χ0n) is 14.5. The summed E-state index contributed by atoms with van der Waals surface area (Å²) < 4.78 is 0. The van der Waals surface area contributed by atoms with E-state index in [-0.39, 0.29) is 18.0 Å². The number of piperazine rings is 1. The van der Waals surface area contributed by atoms with E-state index in [1.807, 2.05) is 36.9 Å². The third kappa shape index (κ3) is 5.40. The van der Waals surface area contributed by atoms with Gasteiger partial charge in [0.2, 0.25) is 5.91 Å². The largest absolute Gasteiger partial charge is 0.353 e. The van der Waals surface area contributed by atoms with Crippen LogP contribution in [0.1, 0.15) is 26.7 Å². The van der Waals surface area contributed by atoms with Crippen LogP contribution in [-0.2, 0) is 4.79 Å². The molecule has 0 aliphatic carbocycles. The number of carbonyl (C=O) groups excluding carboxylic acids is 2. The minimum atomic E-state index is -0.211. The molecule has 2 heterocycles. The second-order valence-electron chi connectivity index (χ2n) is 6.02. The molecule has 1 atom stereocenters. The second-order valence-corrected chi connectivity index (χ2v) is 6.02. The van der Waals surface area contributed by atoms with Crippen molar-refractivity contribution < 1.29 is 9.59 Å². The van der Waals surface area contributed by atoms with Crippen LogP contribution < -0.4 is 15.5 Å². The van der Waals surface area contributed by atoms with Crippen LogP contribution in [0.2, 0.25) is 0 Å². The van der Waals surface area contributed by atoms with Gasteiger partial charge in [-0.05, 0) is 25.5 Å². The Morgan fingerprint density at radius 1 is 1.25 bits per heavy atom. The summed E-state index contributed by atoms with van der Waals surface area (Å²) in [4.78, 5) is 32.2. The maximum absolute atomic E-state index is 12.2. The second kappa shape index (κ2) is 9.10. The highest BCUT2D eigenvalue weighted by Crippen LogP contribution is 2.12. The zero-order chi connectivity index (χ0) is 17.4. The Bertz CT molecular complexity index is 529. The van der Waals surface area contributed by atoms with Crippen molar-refractivity contribution in [1.29, 1.82) is 0 Å². The molecule has 0 bridgehead atoms. The van der Waals surface area contributed by atoms with E-state index in [4.69, 9.17) is 0 Å². The van der Waals surface area contributed by atoms with E-state index < -0.39 is 0 Å². The van der Waals surface area contributed by atoms with Crippen LogP contribution in [0.4, 0.5) is 10.6 Å². The maximum Gasteiger partial charge on any atom is 0.315 e. The Balaban J connectivity index is 1.67. The molecule has 0 saturated carbocycles. The van der Waals surface area contributed by atoms with Gasteiger partial charge in [-0.15, -0.1) is 0 Å². The molecular formula is C17H27N5O2. The molecule has 0 spiro atoms. The summed E-state index contributed by atoms with van der Waals surface area (Å²) in [6, 6.07) is 5.78. The molecule has 2 rings (SSSR count). The Kier molecular flexibility index (Phi) is 6.84. The van der Waals surface area contributed by atoms with Gasteiger partial charge in [0.1, 0.15) is 5.82 Å². The van der Waals surface area contributed by atoms with Crippen molar-refractivity contribution in [2.45, 2.75) is 32.7 Å². The van der Waals surface area contributed by atoms with E-state index in [0.717, 1.165) is 25.3 Å². The summed E-state index contributed by atoms with van der Waals surface area (Å²) in [7, 11) is 0. The Morgan fingerprint density at radius 2 is 2.00 bits per heavy atom. The van der Waals surface area contributed by atoms with Crippen molar-refractivity contribution in [2.75, 3.05) is 37.6 Å². The molecule has 1 saturated heterocycles. The molecule has 1 aromatic rings. The molecular weight excluding hydrogens is 306 g/mol. The predicted molar refractivity (Wildman–Crippen MR) is 93.9 cm³/mol. The van der Waals surface area contributed by atoms with Crippen LogP contribution in [-0.4, -0.2) is 60.6 Å². The number of pyridine rings is 1. The number of amides is 3. The first-order valence-electron chi connectivity index (χ1n) is 8.58. The molecule has 1 aliphatic heterocycles. The SMILES string of the molecule is CC[C@@H](C)NC(=O)NCCC(=O)N1CCN(c2ccccn2)CC1. The van der Waals surface area contributed by atoms with Gasteiger partial charge in [-0.25, -0.2) is 9.78 Å². The lowest BCUT2D eigenvalue weighted by Gasteiger charge is -2.35. The number of carbonyl (C=O) groups is 2. The normalized spacial score (nSPS) is 15.8. The first-order valence-corrected chi connectivity index (χ1v) is 8.58. The summed E-state index contributed by atoms with van der Waals surface area (Å²) in [5.41, 5.74) is 0. The van der Waals surface area contributed by atoms with Gasteiger partial charge in [0.15, 0.2) is 0 Å². The quantitative estimate of drug-likeness (QED) is 0.820. The van der Waals surface area contributed by atoms with Gasteiger partial charge >= 0.3 is 6.03 Å². The van der Waals surface area contributed by atoms with Crippen molar-refractivity contribution in [2.24, 2.45) is 0 Å². The van der Waals surface area contributed by atoms with Crippen LogP contribution in [0.5, 0.6) is 0 Å². The lowest BCUT2D eigenvalue weighted by molar-refractivity contribution is -0.131. The standard InChI is InChI=1S/C17H27N5O2/c1-3-14(2)20-17(24)19-9-7-16(23)22-12-10-21(11-13-22)15-6-4-5-8-18-15/h4-6,8,14H,3,7,9-13H2,1-2H3,(H2,19,20,24)/t14-/m1/s1. The molecule has 0 radical (unpaired) electrons. The van der Waals surface area contributed by atoms with E-state index >= 15 is 0 Å². The maximum atomic E-state index is 12.2. The number of anilines is 1. The number of rotatable bonds is 6. The van der Waals surface area contributed by atoms with E-state index in [2.05, 4.69) is 20.5 Å². The predicted octanol–water partition coefficient (Wildman–Crippen LogP) is 1.22. The van der Waals surface area contributed by atoms with E-state index in [0.29, 0.717) is 26.1 Å². The molecule has 7 nitrogen and oxygen atoms in total. The van der Waals surface area contributed by atoms with Crippen molar-refractivity contribution >= 4 is 17.8 Å². The molecule has 1 aromatic heterocycles. The van der Waals surface area contributed by atoms with E-state index in [1.165, 1.54) is 0 Å². The monoisotopic (exact) mass is 333 g/mol. The highest BCUT2D eigenvalue weighted by molar-refractivity contribution is 5.78. The summed E-state index contributed by atoms with van der Waals surface area (Å²) >= 11 is 0. The summed E-state index contributed by atoms with van der Waals surface area (Å²) in [5.74, 6) is 1.03. The number of aromatic nitrogens is 1. The van der Waals surface area contributed by atoms with Crippen molar-refractivity contribution in [3.05, 3.63) is 24.4 Å². The fraction of sp³-hybridized carbons (Fsp3) is 0.588. The smallest absolute Gasteiger partial charge is 0.315 e. The molecule has 24 heavy (non-hydrogen) atoms. The molecule has 1 fully saturated rings. The molecule has 2 N–H and O–H groups in total. The van der Waals surface area contributed by atoms with Gasteiger partial charge in [0.25, 0.3) is 0 Å². The van der Waals surface area contributed by atoms with E-state index in [9.17, 15) is 9.59 Å². The summed E-state index contributed by atoms with van der Waals surface area (Å²) in [5, 5.41) is 5.55. The third-order valence-electron chi connectivity index (χ3n) is 4.22. The minimum absolute atomic E-state index is 0.0829. The minimum Gasteiger partial charge on any atom is -0.353 e. The van der Waals surface area contributed by atoms with Crippen LogP contribution >= 0.6 is 0 Å². The molecule has 7 heteroatoms. The first-order chi connectivity index (χ1) is 11.6. The van der Waals surface area contributed by atoms with Crippen molar-refractivity contribution in [3.8, 4) is 0 Å². The molecule has 0 unspecified atom stereocenters. The molecule has 3 amide bonds. The first kappa shape index (κ1) is 18.0. The van der Waals surface area contributed by atoms with Crippen LogP contribution in [0.3, 0.4) is 0 Å². The molecule has 132 valence electrons. The van der Waals surface area contributed by atoms with Gasteiger partial charge in [-0.3, -0.25) is 4.79 Å². The molecule has 0 aromatic carbocycles. The third-order valence-corrected chi connectivity index (χ3v) is 4.22. The van der Waals surface area contributed by atoms with Crippen molar-refractivity contribution in [3.63, 3.8) is 0 Å². The topological polar surface area (TPSA) is 77.6 Å². The highest BCUT2D eigenvalue weighted by Gasteiger charge is 2.21. The Labute approximate surface area is 143 Å². The Hall–Kier alpha value is -2.31. The van der Waals surface area contributed by atoms with Crippen LogP contribution in [0, 0.1) is 0 Å². The van der Waals surface area contributed by atoms with Crippen LogP contribution in [0.25, 0.3) is 0 Å². The highest BCUT2D eigenvalue weighted by atomic mass is 16.2. The van der Waals surface area contributed by atoms with Gasteiger partial charge in [-0.1, -0.05) is 13.0 Å². The van der Waals surface area contributed by atoms with E-state index in [1.54, 1.807) is 6.20 Å². The number of nitrogens with one attached hydrogen (secondary N) is 2. The lowest BCUT2D eigenvalue weighted by Crippen LogP contribution is -2.49. The number of hydrogen-bond donors (Lipinski definition) is 2. The number of hydrogen-bond acceptors (Lipinski definition) is 4. The molecule has 1 aliphatic rings. The average Bonchev–Trinajstić information content (AvgIpc) is 2.62. The fourth-order valence-corrected chi connectivity index (χ4v) is 2.54. The number of urea groups is 1. The van der Waals surface area contributed by atoms with Crippen LogP contribution in [0.15, 0.2) is 24.4 Å². The fourth-order valence-electron chi connectivity index (χ4n) is 2.54. The van der Waals surface area contributed by atoms with Gasteiger partial charge in [0.05, 0.1) is 0 Å². The average molecular weight is 333 g/mol. The Morgan fingerprint density at radius 3 is 2.62 bits per heavy atom. The summed E-state index contributed by atoms with van der Waals surface area (Å²) in [6.45, 7) is 7.27. The van der Waals surface area contributed by atoms with Gasteiger partial charge in [0, 0.05) is 51.4 Å². The zero-order valence-corrected chi connectivity index (χ0v) is 14.5. The van der Waals surface area contributed by atoms with Gasteiger partial charge < -0.3 is 20.4 Å². The number of nitrogens with zero attached hydrogens (tertiary/aromatic N) is 3.